The minimum atomic E-state index is -4.78. The summed E-state index contributed by atoms with van der Waals surface area (Å²) < 4.78 is 39.6. The number of nitrogens with zero attached hydrogens (tertiary/aromatic N) is 5. The maximum absolute atomic E-state index is 12.1. The number of anilines is 2. The number of aromatic hydroxyl groups is 1. The lowest BCUT2D eigenvalue weighted by Gasteiger charge is -2.20. The van der Waals surface area contributed by atoms with Crippen LogP contribution < -0.4 is 15.4 Å². The van der Waals surface area contributed by atoms with Crippen LogP contribution in [-0.4, -0.2) is 49.5 Å². The number of hydrogen-bond acceptors (Lipinski definition) is 11. The Bertz CT molecular complexity index is 1700. The largest absolute Gasteiger partial charge is 0.505 e. The van der Waals surface area contributed by atoms with Gasteiger partial charge in [0.05, 0.1) is 18.0 Å². The molecular formula is C28H30N6O6S. The number of rotatable bonds is 11. The minimum Gasteiger partial charge on any atom is -0.505 e. The van der Waals surface area contributed by atoms with E-state index in [0.29, 0.717) is 22.4 Å². The lowest BCUT2D eigenvalue weighted by Crippen LogP contribution is -2.21. The molecule has 0 atom stereocenters. The number of hydrogen-bond donors (Lipinski definition) is 4. The zero-order chi connectivity index (χ0) is 29.6. The van der Waals surface area contributed by atoms with Crippen LogP contribution in [0.5, 0.6) is 11.5 Å². The Labute approximate surface area is 237 Å². The average Bonchev–Trinajstić information content (AvgIpc) is 2.96. The van der Waals surface area contributed by atoms with Crippen molar-refractivity contribution in [1.29, 1.82) is 0 Å². The number of phenols is 1. The van der Waals surface area contributed by atoms with Crippen molar-refractivity contribution in [2.45, 2.75) is 18.7 Å². The van der Waals surface area contributed by atoms with E-state index in [9.17, 15) is 23.2 Å². The molecule has 0 heterocycles. The van der Waals surface area contributed by atoms with Crippen molar-refractivity contribution >= 4 is 55.0 Å². The molecule has 41 heavy (non-hydrogen) atoms. The maximum Gasteiger partial charge on any atom is 0.296 e. The molecule has 0 unspecified atom stereocenters. The Kier molecular flexibility index (Phi) is 9.12. The SMILES string of the molecule is CCN(CC)c1ccc(N=Nc2ccc(N=Nc3c(S(=O)(=O)O)cc4ccc(N)cc4c3O)c(OCCO)c2)cc1. The quantitative estimate of drug-likeness (QED) is 0.0892. The first-order chi connectivity index (χ1) is 19.6. The number of aliphatic hydroxyl groups excluding tert-OH is 1. The van der Waals surface area contributed by atoms with Crippen molar-refractivity contribution < 1.29 is 27.9 Å². The molecule has 4 aromatic rings. The van der Waals surface area contributed by atoms with Gasteiger partial charge in [0.1, 0.15) is 28.6 Å². The molecule has 0 bridgehead atoms. The van der Waals surface area contributed by atoms with E-state index >= 15 is 0 Å². The Morgan fingerprint density at radius 2 is 1.56 bits per heavy atom. The van der Waals surface area contributed by atoms with E-state index in [0.717, 1.165) is 18.8 Å². The van der Waals surface area contributed by atoms with Crippen molar-refractivity contribution in [2.75, 3.05) is 36.9 Å². The first-order valence-electron chi connectivity index (χ1n) is 12.7. The molecule has 12 nitrogen and oxygen atoms in total. The molecule has 0 aliphatic heterocycles. The Balaban J connectivity index is 1.68. The molecule has 214 valence electrons. The maximum atomic E-state index is 12.1. The molecule has 0 aliphatic rings. The molecule has 0 spiro atoms. The monoisotopic (exact) mass is 578 g/mol. The zero-order valence-electron chi connectivity index (χ0n) is 22.5. The van der Waals surface area contributed by atoms with Crippen LogP contribution in [-0.2, 0) is 10.1 Å². The van der Waals surface area contributed by atoms with Crippen molar-refractivity contribution in [1.82, 2.24) is 0 Å². The number of aliphatic hydroxyl groups is 1. The second-order valence-corrected chi connectivity index (χ2v) is 10.2. The standard InChI is InChI=1S/C28H30N6O6S/c1-3-34(4-2)22-10-7-20(8-11-22)30-31-21-9-12-24(25(17-21)40-14-13-35)32-33-27-26(41(37,38)39)15-18-5-6-19(29)16-23(18)28(27)36/h5-12,15-17,35-36H,3-4,13-14,29H2,1-2H3,(H,37,38,39). The summed E-state index contributed by atoms with van der Waals surface area (Å²) in [5, 5.41) is 37.2. The summed E-state index contributed by atoms with van der Waals surface area (Å²) in [5.41, 5.74) is 7.97. The van der Waals surface area contributed by atoms with Gasteiger partial charge in [-0.1, -0.05) is 6.07 Å². The molecule has 0 aromatic heterocycles. The van der Waals surface area contributed by atoms with Gasteiger partial charge in [0, 0.05) is 35.9 Å². The van der Waals surface area contributed by atoms with Crippen LogP contribution in [0.1, 0.15) is 13.8 Å². The highest BCUT2D eigenvalue weighted by Crippen LogP contribution is 2.43. The van der Waals surface area contributed by atoms with Crippen LogP contribution >= 0.6 is 0 Å². The third kappa shape index (κ3) is 6.95. The van der Waals surface area contributed by atoms with Gasteiger partial charge in [0.15, 0.2) is 5.75 Å². The van der Waals surface area contributed by atoms with Crippen LogP contribution in [0.25, 0.3) is 10.8 Å². The van der Waals surface area contributed by atoms with Gasteiger partial charge < -0.3 is 25.6 Å². The second-order valence-electron chi connectivity index (χ2n) is 8.84. The molecule has 4 rings (SSSR count). The zero-order valence-corrected chi connectivity index (χ0v) is 23.3. The predicted octanol–water partition coefficient (Wildman–Crippen LogP) is 6.42. The first kappa shape index (κ1) is 29.4. The van der Waals surface area contributed by atoms with Gasteiger partial charge in [0.25, 0.3) is 10.1 Å². The summed E-state index contributed by atoms with van der Waals surface area (Å²) in [7, 11) is -4.78. The van der Waals surface area contributed by atoms with Gasteiger partial charge in [-0.25, -0.2) is 0 Å². The number of fused-ring (bicyclic) bond motifs is 1. The number of benzene rings is 4. The molecule has 5 N–H and O–H groups in total. The lowest BCUT2D eigenvalue weighted by atomic mass is 10.1. The van der Waals surface area contributed by atoms with E-state index in [-0.39, 0.29) is 30.0 Å². The molecule has 0 aliphatic carbocycles. The molecular weight excluding hydrogens is 548 g/mol. The van der Waals surface area contributed by atoms with Gasteiger partial charge >= 0.3 is 0 Å². The number of nitrogen functional groups attached to an aromatic ring is 1. The molecule has 0 radical (unpaired) electrons. The molecule has 13 heteroatoms. The van der Waals surface area contributed by atoms with E-state index in [1.165, 1.54) is 36.4 Å². The number of phenolic OH excluding ortho intramolecular Hbond substituents is 1. The van der Waals surface area contributed by atoms with E-state index in [2.05, 4.69) is 39.2 Å². The van der Waals surface area contributed by atoms with Crippen LogP contribution in [0.15, 0.2) is 92.1 Å². The summed E-state index contributed by atoms with van der Waals surface area (Å²) in [6.07, 6.45) is 0. The van der Waals surface area contributed by atoms with Gasteiger partial charge in [-0.3, -0.25) is 4.55 Å². The molecule has 0 saturated carbocycles. The topological polar surface area (TPSA) is 183 Å². The fourth-order valence-electron chi connectivity index (χ4n) is 4.11. The van der Waals surface area contributed by atoms with Crippen molar-refractivity contribution in [2.24, 2.45) is 20.5 Å². The van der Waals surface area contributed by atoms with Crippen LogP contribution in [0.4, 0.5) is 34.1 Å². The van der Waals surface area contributed by atoms with Crippen LogP contribution in [0, 0.1) is 0 Å². The second kappa shape index (κ2) is 12.7. The Hall–Kier alpha value is -4.59. The normalized spacial score (nSPS) is 12.0. The molecule has 4 aromatic carbocycles. The smallest absolute Gasteiger partial charge is 0.296 e. The number of azo groups is 2. The van der Waals surface area contributed by atoms with Crippen molar-refractivity contribution in [3.05, 3.63) is 66.7 Å². The van der Waals surface area contributed by atoms with E-state index < -0.39 is 26.5 Å². The molecule has 0 fully saturated rings. The molecule has 0 amide bonds. The highest BCUT2D eigenvalue weighted by atomic mass is 32.2. The van der Waals surface area contributed by atoms with Gasteiger partial charge in [-0.15, -0.1) is 10.2 Å². The van der Waals surface area contributed by atoms with Crippen molar-refractivity contribution in [3.8, 4) is 11.5 Å². The fraction of sp³-hybridized carbons (Fsp3) is 0.214. The van der Waals surface area contributed by atoms with Gasteiger partial charge in [-0.05, 0) is 73.8 Å². The summed E-state index contributed by atoms with van der Waals surface area (Å²) in [6.45, 7) is 5.62. The minimum absolute atomic E-state index is 0.0628. The summed E-state index contributed by atoms with van der Waals surface area (Å²) >= 11 is 0. The van der Waals surface area contributed by atoms with E-state index in [4.69, 9.17) is 10.5 Å². The predicted molar refractivity (Wildman–Crippen MR) is 157 cm³/mol. The number of ether oxygens (including phenoxy) is 1. The summed E-state index contributed by atoms with van der Waals surface area (Å²) in [4.78, 5) is 1.58. The van der Waals surface area contributed by atoms with E-state index in [1.54, 1.807) is 6.07 Å². The Morgan fingerprint density at radius 1 is 0.878 bits per heavy atom. The van der Waals surface area contributed by atoms with Crippen molar-refractivity contribution in [3.63, 3.8) is 0 Å². The fourth-order valence-corrected chi connectivity index (χ4v) is 4.77. The van der Waals surface area contributed by atoms with Crippen LogP contribution in [0.2, 0.25) is 0 Å². The Morgan fingerprint density at radius 3 is 2.22 bits per heavy atom. The van der Waals surface area contributed by atoms with Gasteiger partial charge in [-0.2, -0.15) is 18.6 Å². The summed E-state index contributed by atoms with van der Waals surface area (Å²) in [6, 6.07) is 18.0. The van der Waals surface area contributed by atoms with Crippen LogP contribution in [0.3, 0.4) is 0 Å². The van der Waals surface area contributed by atoms with E-state index in [1.807, 2.05) is 24.3 Å². The lowest BCUT2D eigenvalue weighted by molar-refractivity contribution is 0.202. The third-order valence-corrected chi connectivity index (χ3v) is 7.03. The van der Waals surface area contributed by atoms with Gasteiger partial charge in [0.2, 0.25) is 0 Å². The third-order valence-electron chi connectivity index (χ3n) is 6.16. The summed E-state index contributed by atoms with van der Waals surface area (Å²) in [5.74, 6) is -0.351. The highest BCUT2D eigenvalue weighted by molar-refractivity contribution is 7.86. The highest BCUT2D eigenvalue weighted by Gasteiger charge is 2.22. The number of nitrogens with two attached hydrogens (primary N) is 1. The molecule has 0 saturated heterocycles. The first-order valence-corrected chi connectivity index (χ1v) is 14.2. The average molecular weight is 579 g/mol.